The normalized spacial score (nSPS) is 31.0. The summed E-state index contributed by atoms with van der Waals surface area (Å²) in [5, 5.41) is 0. The van der Waals surface area contributed by atoms with Gasteiger partial charge < -0.3 is 18.9 Å². The highest BCUT2D eigenvalue weighted by molar-refractivity contribution is 5.86. The SMILES string of the molecule is COC(=O)C1(C)C[C@@H](OC2CCCCO2)CN1C(=O)OC(C)(C)C. The molecule has 2 fully saturated rings. The number of ether oxygens (including phenoxy) is 4. The van der Waals surface area contributed by atoms with Gasteiger partial charge in [0.25, 0.3) is 0 Å². The van der Waals surface area contributed by atoms with Crippen molar-refractivity contribution in [3.63, 3.8) is 0 Å². The first-order chi connectivity index (χ1) is 11.2. The molecule has 0 radical (unpaired) electrons. The Morgan fingerprint density at radius 2 is 1.96 bits per heavy atom. The minimum atomic E-state index is -1.10. The van der Waals surface area contributed by atoms with Crippen LogP contribution in [0, 0.1) is 0 Å². The largest absolute Gasteiger partial charge is 0.467 e. The first kappa shape index (κ1) is 19.0. The van der Waals surface area contributed by atoms with Gasteiger partial charge in [-0.2, -0.15) is 0 Å². The van der Waals surface area contributed by atoms with E-state index in [1.807, 2.05) is 0 Å². The number of carbonyl (C=O) groups excluding carboxylic acids is 2. The summed E-state index contributed by atoms with van der Waals surface area (Å²) in [6, 6.07) is 0. The van der Waals surface area contributed by atoms with E-state index in [-0.39, 0.29) is 18.9 Å². The Morgan fingerprint density at radius 3 is 2.50 bits per heavy atom. The maximum Gasteiger partial charge on any atom is 0.411 e. The molecular weight excluding hydrogens is 314 g/mol. The molecule has 0 aliphatic carbocycles. The van der Waals surface area contributed by atoms with Crippen LogP contribution < -0.4 is 0 Å². The smallest absolute Gasteiger partial charge is 0.411 e. The molecule has 24 heavy (non-hydrogen) atoms. The Balaban J connectivity index is 2.10. The molecule has 2 heterocycles. The van der Waals surface area contributed by atoms with Crippen LogP contribution in [0.2, 0.25) is 0 Å². The average molecular weight is 343 g/mol. The lowest BCUT2D eigenvalue weighted by Gasteiger charge is -2.33. The zero-order valence-corrected chi connectivity index (χ0v) is 15.3. The van der Waals surface area contributed by atoms with Crippen LogP contribution in [0.1, 0.15) is 53.4 Å². The van der Waals surface area contributed by atoms with Crippen LogP contribution in [0.25, 0.3) is 0 Å². The van der Waals surface area contributed by atoms with Gasteiger partial charge in [-0.1, -0.05) is 0 Å². The minimum Gasteiger partial charge on any atom is -0.467 e. The van der Waals surface area contributed by atoms with Crippen molar-refractivity contribution < 1.29 is 28.5 Å². The molecule has 3 atom stereocenters. The lowest BCUT2D eigenvalue weighted by Crippen LogP contribution is -2.52. The number of carbonyl (C=O) groups is 2. The summed E-state index contributed by atoms with van der Waals surface area (Å²) in [5.74, 6) is -0.468. The number of rotatable bonds is 3. The second-order valence-electron chi connectivity index (χ2n) is 7.61. The highest BCUT2D eigenvalue weighted by Crippen LogP contribution is 2.34. The Labute approximate surface area is 143 Å². The summed E-state index contributed by atoms with van der Waals surface area (Å²) >= 11 is 0. The van der Waals surface area contributed by atoms with Gasteiger partial charge in [-0.3, -0.25) is 4.90 Å². The molecule has 2 rings (SSSR count). The third-order valence-corrected chi connectivity index (χ3v) is 4.33. The summed E-state index contributed by atoms with van der Waals surface area (Å²) in [4.78, 5) is 26.3. The fourth-order valence-electron chi connectivity index (χ4n) is 3.15. The van der Waals surface area contributed by atoms with Crippen molar-refractivity contribution in [3.05, 3.63) is 0 Å². The van der Waals surface area contributed by atoms with E-state index in [1.165, 1.54) is 12.0 Å². The molecule has 7 heteroatoms. The third-order valence-electron chi connectivity index (χ3n) is 4.33. The molecule has 0 N–H and O–H groups in total. The van der Waals surface area contributed by atoms with Crippen LogP contribution in [-0.2, 0) is 23.7 Å². The maximum atomic E-state index is 12.5. The van der Waals surface area contributed by atoms with Gasteiger partial charge >= 0.3 is 12.1 Å². The number of nitrogens with zero attached hydrogens (tertiary/aromatic N) is 1. The van der Waals surface area contributed by atoms with E-state index < -0.39 is 23.2 Å². The second kappa shape index (κ2) is 7.27. The van der Waals surface area contributed by atoms with E-state index in [9.17, 15) is 9.59 Å². The number of likely N-dealkylation sites (tertiary alicyclic amines) is 1. The zero-order valence-electron chi connectivity index (χ0n) is 15.3. The zero-order chi connectivity index (χ0) is 18.0. The lowest BCUT2D eigenvalue weighted by molar-refractivity contribution is -0.185. The van der Waals surface area contributed by atoms with Crippen LogP contribution in [0.3, 0.4) is 0 Å². The predicted octanol–water partition coefficient (Wildman–Crippen LogP) is 2.47. The quantitative estimate of drug-likeness (QED) is 0.733. The molecule has 0 aromatic heterocycles. The number of hydrogen-bond donors (Lipinski definition) is 0. The molecule has 2 saturated heterocycles. The van der Waals surface area contributed by atoms with Crippen LogP contribution in [0.4, 0.5) is 4.79 Å². The minimum absolute atomic E-state index is 0.274. The molecule has 0 bridgehead atoms. The van der Waals surface area contributed by atoms with Crippen molar-refractivity contribution in [3.8, 4) is 0 Å². The molecule has 0 spiro atoms. The fraction of sp³-hybridized carbons (Fsp3) is 0.882. The van der Waals surface area contributed by atoms with Gasteiger partial charge in [0, 0.05) is 13.0 Å². The Morgan fingerprint density at radius 1 is 1.25 bits per heavy atom. The number of methoxy groups -OCH3 is 1. The number of esters is 1. The van der Waals surface area contributed by atoms with Gasteiger partial charge in [0.15, 0.2) is 6.29 Å². The summed E-state index contributed by atoms with van der Waals surface area (Å²) in [6.07, 6.45) is 2.19. The van der Waals surface area contributed by atoms with Crippen molar-refractivity contribution in [2.45, 2.75) is 76.9 Å². The topological polar surface area (TPSA) is 74.3 Å². The van der Waals surface area contributed by atoms with E-state index in [0.29, 0.717) is 13.0 Å². The molecule has 2 aliphatic heterocycles. The summed E-state index contributed by atoms with van der Waals surface area (Å²) in [7, 11) is 1.32. The van der Waals surface area contributed by atoms with Crippen LogP contribution >= 0.6 is 0 Å². The van der Waals surface area contributed by atoms with E-state index in [0.717, 1.165) is 19.3 Å². The maximum absolute atomic E-state index is 12.5. The standard InChI is InChI=1S/C17H29NO6/c1-16(2,3)24-15(20)18-11-12(10-17(18,4)14(19)21-5)23-13-8-6-7-9-22-13/h12-13H,6-11H2,1-5H3/t12-,13?,17?/m1/s1. The van der Waals surface area contributed by atoms with Crippen LogP contribution in [0.15, 0.2) is 0 Å². The van der Waals surface area contributed by atoms with Gasteiger partial charge in [0.2, 0.25) is 0 Å². The molecule has 2 unspecified atom stereocenters. The van der Waals surface area contributed by atoms with Gasteiger partial charge in [-0.25, -0.2) is 9.59 Å². The van der Waals surface area contributed by atoms with Crippen molar-refractivity contribution in [2.75, 3.05) is 20.3 Å². The molecule has 0 aromatic rings. The van der Waals surface area contributed by atoms with Gasteiger partial charge in [-0.15, -0.1) is 0 Å². The van der Waals surface area contributed by atoms with Gasteiger partial charge in [-0.05, 0) is 47.0 Å². The average Bonchev–Trinajstić information content (AvgIpc) is 2.83. The van der Waals surface area contributed by atoms with Crippen LogP contribution in [-0.4, -0.2) is 60.8 Å². The number of amides is 1. The van der Waals surface area contributed by atoms with Crippen molar-refractivity contribution >= 4 is 12.1 Å². The molecular formula is C17H29NO6. The highest BCUT2D eigenvalue weighted by Gasteiger charge is 2.53. The third kappa shape index (κ3) is 4.39. The summed E-state index contributed by atoms with van der Waals surface area (Å²) in [6.45, 7) is 8.02. The summed E-state index contributed by atoms with van der Waals surface area (Å²) < 4.78 is 21.9. The monoisotopic (exact) mass is 343 g/mol. The van der Waals surface area contributed by atoms with Crippen LogP contribution in [0.5, 0.6) is 0 Å². The van der Waals surface area contributed by atoms with Gasteiger partial charge in [0.05, 0.1) is 19.8 Å². The van der Waals surface area contributed by atoms with Crippen molar-refractivity contribution in [1.82, 2.24) is 4.90 Å². The predicted molar refractivity (Wildman–Crippen MR) is 86.4 cm³/mol. The van der Waals surface area contributed by atoms with E-state index in [1.54, 1.807) is 27.7 Å². The van der Waals surface area contributed by atoms with Gasteiger partial charge in [0.1, 0.15) is 11.1 Å². The Bertz CT molecular complexity index is 468. The fourth-order valence-corrected chi connectivity index (χ4v) is 3.15. The van der Waals surface area contributed by atoms with Crippen molar-refractivity contribution in [1.29, 1.82) is 0 Å². The van der Waals surface area contributed by atoms with Crippen molar-refractivity contribution in [2.24, 2.45) is 0 Å². The Hall–Kier alpha value is -1.34. The Kier molecular flexibility index (Phi) is 5.75. The second-order valence-corrected chi connectivity index (χ2v) is 7.61. The number of hydrogen-bond acceptors (Lipinski definition) is 6. The molecule has 1 amide bonds. The lowest BCUT2D eigenvalue weighted by atomic mass is 9.98. The highest BCUT2D eigenvalue weighted by atomic mass is 16.7. The van der Waals surface area contributed by atoms with E-state index in [4.69, 9.17) is 18.9 Å². The first-order valence-corrected chi connectivity index (χ1v) is 8.52. The molecule has 0 saturated carbocycles. The molecule has 2 aliphatic rings. The van der Waals surface area contributed by atoms with E-state index in [2.05, 4.69) is 0 Å². The summed E-state index contributed by atoms with van der Waals surface area (Å²) in [5.41, 5.74) is -1.74. The molecule has 138 valence electrons. The van der Waals surface area contributed by atoms with E-state index >= 15 is 0 Å². The first-order valence-electron chi connectivity index (χ1n) is 8.52. The molecule has 0 aromatic carbocycles. The molecule has 7 nitrogen and oxygen atoms in total.